The summed E-state index contributed by atoms with van der Waals surface area (Å²) in [5, 5.41) is 3.34. The fourth-order valence-electron chi connectivity index (χ4n) is 1.26. The first kappa shape index (κ1) is 14.7. The standard InChI is InChI=1S/C12H18NO.Na/c1-4-5-8-13-11-7-6-10(2)12(9-11)14-3;/h6-7,9,13H,2,4-5,8H2,1,3H3;/q-1;+1. The molecule has 1 aromatic carbocycles. The van der Waals surface area contributed by atoms with Crippen molar-refractivity contribution in [1.29, 1.82) is 0 Å². The summed E-state index contributed by atoms with van der Waals surface area (Å²) in [6.07, 6.45) is 2.39. The van der Waals surface area contributed by atoms with Crippen LogP contribution in [0.5, 0.6) is 5.75 Å². The first-order chi connectivity index (χ1) is 6.77. The van der Waals surface area contributed by atoms with Gasteiger partial charge in [-0.3, -0.25) is 0 Å². The maximum Gasteiger partial charge on any atom is 1.00 e. The molecule has 0 aliphatic heterocycles. The van der Waals surface area contributed by atoms with Crippen molar-refractivity contribution in [3.05, 3.63) is 30.7 Å². The monoisotopic (exact) mass is 215 g/mol. The van der Waals surface area contributed by atoms with E-state index in [-0.39, 0.29) is 29.6 Å². The summed E-state index contributed by atoms with van der Waals surface area (Å²) in [6.45, 7) is 7.07. The number of hydrogen-bond acceptors (Lipinski definition) is 2. The number of rotatable bonds is 5. The van der Waals surface area contributed by atoms with Crippen LogP contribution in [0.1, 0.15) is 25.3 Å². The fourth-order valence-corrected chi connectivity index (χ4v) is 1.26. The van der Waals surface area contributed by atoms with Gasteiger partial charge in [0, 0.05) is 18.0 Å². The molecule has 0 heterocycles. The Hall–Kier alpha value is -0.310. The van der Waals surface area contributed by atoms with Crippen LogP contribution in [0.25, 0.3) is 0 Å². The first-order valence-electron chi connectivity index (χ1n) is 5.01. The molecule has 0 atom stereocenters. The van der Waals surface area contributed by atoms with Gasteiger partial charge in [0.15, 0.2) is 0 Å². The molecule has 0 aliphatic carbocycles. The third-order valence-corrected chi connectivity index (χ3v) is 2.15. The Labute approximate surface area is 115 Å². The topological polar surface area (TPSA) is 21.3 Å². The Morgan fingerprint density at radius 3 is 2.73 bits per heavy atom. The van der Waals surface area contributed by atoms with E-state index >= 15 is 0 Å². The second-order valence-electron chi connectivity index (χ2n) is 3.31. The third kappa shape index (κ3) is 4.83. The zero-order valence-corrected chi connectivity index (χ0v) is 12.0. The minimum Gasteiger partial charge on any atom is -0.554 e. The number of benzene rings is 1. The van der Waals surface area contributed by atoms with Crippen molar-refractivity contribution in [3.63, 3.8) is 0 Å². The summed E-state index contributed by atoms with van der Waals surface area (Å²) in [7, 11) is 1.67. The number of anilines is 1. The van der Waals surface area contributed by atoms with Crippen LogP contribution in [0, 0.1) is 6.92 Å². The zero-order chi connectivity index (χ0) is 10.4. The average molecular weight is 215 g/mol. The molecule has 0 saturated heterocycles. The van der Waals surface area contributed by atoms with Crippen molar-refractivity contribution < 1.29 is 34.3 Å². The van der Waals surface area contributed by atoms with Gasteiger partial charge in [-0.1, -0.05) is 25.5 Å². The van der Waals surface area contributed by atoms with E-state index in [4.69, 9.17) is 4.74 Å². The van der Waals surface area contributed by atoms with E-state index in [1.54, 1.807) is 7.11 Å². The minimum absolute atomic E-state index is 0. The molecular weight excluding hydrogens is 197 g/mol. The van der Waals surface area contributed by atoms with Crippen molar-refractivity contribution in [2.45, 2.75) is 19.8 Å². The van der Waals surface area contributed by atoms with Gasteiger partial charge in [-0.15, -0.1) is 0 Å². The number of nitrogens with one attached hydrogen (secondary N) is 1. The summed E-state index contributed by atoms with van der Waals surface area (Å²) in [5.74, 6) is 0.839. The smallest absolute Gasteiger partial charge is 0.554 e. The van der Waals surface area contributed by atoms with Crippen molar-refractivity contribution in [1.82, 2.24) is 0 Å². The van der Waals surface area contributed by atoms with Crippen molar-refractivity contribution in [2.24, 2.45) is 0 Å². The third-order valence-electron chi connectivity index (χ3n) is 2.15. The molecule has 0 spiro atoms. The summed E-state index contributed by atoms with van der Waals surface area (Å²) < 4.78 is 5.19. The number of hydrogen-bond donors (Lipinski definition) is 1. The Balaban J connectivity index is 0.00000196. The van der Waals surface area contributed by atoms with E-state index in [0.717, 1.165) is 23.5 Å². The van der Waals surface area contributed by atoms with Crippen LogP contribution in [-0.4, -0.2) is 13.7 Å². The van der Waals surface area contributed by atoms with E-state index < -0.39 is 0 Å². The molecule has 0 fully saturated rings. The Kier molecular flexibility index (Phi) is 7.75. The normalized spacial score (nSPS) is 9.20. The van der Waals surface area contributed by atoms with Crippen molar-refractivity contribution >= 4 is 5.69 Å². The fraction of sp³-hybridized carbons (Fsp3) is 0.417. The molecule has 0 unspecified atom stereocenters. The number of methoxy groups -OCH3 is 1. The van der Waals surface area contributed by atoms with Gasteiger partial charge in [-0.25, -0.2) is 0 Å². The van der Waals surface area contributed by atoms with Gasteiger partial charge in [0.05, 0.1) is 7.11 Å². The molecule has 1 rings (SSSR count). The van der Waals surface area contributed by atoms with Crippen LogP contribution in [-0.2, 0) is 0 Å². The van der Waals surface area contributed by atoms with E-state index in [1.165, 1.54) is 12.8 Å². The molecule has 15 heavy (non-hydrogen) atoms. The van der Waals surface area contributed by atoms with Gasteiger partial charge in [-0.2, -0.15) is 18.6 Å². The molecule has 3 heteroatoms. The SMILES string of the molecule is [CH2-]c1ccc(NCCCC)cc1OC.[Na+]. The minimum atomic E-state index is 0. The van der Waals surface area contributed by atoms with Crippen LogP contribution >= 0.6 is 0 Å². The number of ether oxygens (including phenoxy) is 1. The summed E-state index contributed by atoms with van der Waals surface area (Å²) in [6, 6.07) is 5.98. The number of unbranched alkanes of at least 4 members (excludes halogenated alkanes) is 1. The maximum absolute atomic E-state index is 5.19. The molecule has 78 valence electrons. The zero-order valence-electron chi connectivity index (χ0n) is 9.97. The van der Waals surface area contributed by atoms with Gasteiger partial charge in [0.2, 0.25) is 0 Å². The van der Waals surface area contributed by atoms with Crippen LogP contribution in [0.2, 0.25) is 0 Å². The molecule has 1 N–H and O–H groups in total. The summed E-state index contributed by atoms with van der Waals surface area (Å²) in [5.41, 5.74) is 2.02. The van der Waals surface area contributed by atoms with Gasteiger partial charge < -0.3 is 10.1 Å². The van der Waals surface area contributed by atoms with Crippen LogP contribution in [0.15, 0.2) is 18.2 Å². The molecular formula is C12H18NNaO. The summed E-state index contributed by atoms with van der Waals surface area (Å²) >= 11 is 0. The molecule has 0 aromatic heterocycles. The predicted octanol–water partition coefficient (Wildman–Crippen LogP) is 0.0934. The van der Waals surface area contributed by atoms with Crippen LogP contribution in [0.3, 0.4) is 0 Å². The quantitative estimate of drug-likeness (QED) is 0.427. The Bertz CT molecular complexity index is 289. The second-order valence-corrected chi connectivity index (χ2v) is 3.31. The predicted molar refractivity (Wildman–Crippen MR) is 60.9 cm³/mol. The van der Waals surface area contributed by atoms with E-state index in [9.17, 15) is 0 Å². The van der Waals surface area contributed by atoms with E-state index in [0.29, 0.717) is 0 Å². The molecule has 0 radical (unpaired) electrons. The van der Waals surface area contributed by atoms with E-state index in [1.807, 2.05) is 18.2 Å². The van der Waals surface area contributed by atoms with Gasteiger partial charge in [-0.05, 0) is 6.42 Å². The molecule has 2 nitrogen and oxygen atoms in total. The van der Waals surface area contributed by atoms with Gasteiger partial charge in [0.25, 0.3) is 0 Å². The van der Waals surface area contributed by atoms with Crippen molar-refractivity contribution in [2.75, 3.05) is 19.0 Å². The molecule has 1 aromatic rings. The Morgan fingerprint density at radius 2 is 2.13 bits per heavy atom. The first-order valence-corrected chi connectivity index (χ1v) is 5.01. The average Bonchev–Trinajstić information content (AvgIpc) is 2.21. The van der Waals surface area contributed by atoms with Crippen molar-refractivity contribution in [3.8, 4) is 5.75 Å². The van der Waals surface area contributed by atoms with Crippen LogP contribution in [0.4, 0.5) is 5.69 Å². The molecule has 0 amide bonds. The van der Waals surface area contributed by atoms with E-state index in [2.05, 4.69) is 19.2 Å². The van der Waals surface area contributed by atoms with Crippen LogP contribution < -0.4 is 39.6 Å². The second kappa shape index (κ2) is 7.91. The maximum atomic E-state index is 5.19. The van der Waals surface area contributed by atoms with Gasteiger partial charge in [0.1, 0.15) is 0 Å². The Morgan fingerprint density at radius 1 is 1.40 bits per heavy atom. The summed E-state index contributed by atoms with van der Waals surface area (Å²) in [4.78, 5) is 0. The van der Waals surface area contributed by atoms with Gasteiger partial charge >= 0.3 is 29.6 Å². The molecule has 0 bridgehead atoms. The largest absolute Gasteiger partial charge is 1.00 e. The molecule has 0 saturated carbocycles. The molecule has 0 aliphatic rings.